The van der Waals surface area contributed by atoms with E-state index in [1.165, 1.54) is 12.1 Å². The third-order valence-electron chi connectivity index (χ3n) is 2.27. The van der Waals surface area contributed by atoms with E-state index in [1.54, 1.807) is 13.0 Å². The first kappa shape index (κ1) is 11.6. The van der Waals surface area contributed by atoms with Gasteiger partial charge in [0.25, 0.3) is 0 Å². The molecule has 0 fully saturated rings. The van der Waals surface area contributed by atoms with Crippen LogP contribution in [0.25, 0.3) is 11.3 Å². The van der Waals surface area contributed by atoms with Crippen LogP contribution in [0.3, 0.4) is 0 Å². The van der Waals surface area contributed by atoms with Crippen molar-refractivity contribution in [3.63, 3.8) is 0 Å². The number of hydrogen-bond donors (Lipinski definition) is 1. The van der Waals surface area contributed by atoms with E-state index in [0.717, 1.165) is 0 Å². The van der Waals surface area contributed by atoms with E-state index in [9.17, 15) is 9.18 Å². The summed E-state index contributed by atoms with van der Waals surface area (Å²) >= 11 is 5.81. The molecule has 0 saturated carbocycles. The van der Waals surface area contributed by atoms with Gasteiger partial charge in [0.2, 0.25) is 0 Å². The normalized spacial score (nSPS) is 10.5. The summed E-state index contributed by atoms with van der Waals surface area (Å²) in [4.78, 5) is 10.6. The smallest absolute Gasteiger partial charge is 0.358 e. The van der Waals surface area contributed by atoms with E-state index in [-0.39, 0.29) is 22.0 Å². The van der Waals surface area contributed by atoms with Gasteiger partial charge in [-0.15, -0.1) is 0 Å². The number of nitrogens with zero attached hydrogens (tertiary/aromatic N) is 1. The van der Waals surface area contributed by atoms with E-state index in [4.69, 9.17) is 21.2 Å². The molecule has 0 unspecified atom stereocenters. The van der Waals surface area contributed by atoms with E-state index < -0.39 is 11.8 Å². The minimum Gasteiger partial charge on any atom is -0.476 e. The quantitative estimate of drug-likeness (QED) is 0.895. The number of aryl methyl sites for hydroxylation is 1. The molecule has 1 aromatic heterocycles. The van der Waals surface area contributed by atoms with E-state index in [1.807, 2.05) is 0 Å². The molecule has 0 aliphatic carbocycles. The Balaban J connectivity index is 2.53. The number of hydrogen-bond acceptors (Lipinski definition) is 3. The van der Waals surface area contributed by atoms with Gasteiger partial charge in [0, 0.05) is 11.6 Å². The Kier molecular flexibility index (Phi) is 2.85. The lowest BCUT2D eigenvalue weighted by molar-refractivity contribution is 0.0686. The van der Waals surface area contributed by atoms with Crippen molar-refractivity contribution in [2.24, 2.45) is 0 Å². The van der Waals surface area contributed by atoms with E-state index >= 15 is 0 Å². The number of rotatable bonds is 2. The molecule has 17 heavy (non-hydrogen) atoms. The molecular formula is C11H7ClFNO3. The SMILES string of the molecule is Cc1ccc(-c2cc(C(=O)O)no2)c(Cl)c1F. The molecule has 1 N–H and O–H groups in total. The van der Waals surface area contributed by atoms with Crippen LogP contribution in [0.1, 0.15) is 16.1 Å². The predicted molar refractivity (Wildman–Crippen MR) is 58.6 cm³/mol. The van der Waals surface area contributed by atoms with Gasteiger partial charge in [-0.1, -0.05) is 22.8 Å². The number of carboxylic acid groups (broad SMARTS) is 1. The average molecular weight is 256 g/mol. The van der Waals surface area contributed by atoms with Crippen LogP contribution in [0.15, 0.2) is 22.7 Å². The highest BCUT2D eigenvalue weighted by molar-refractivity contribution is 6.33. The lowest BCUT2D eigenvalue weighted by Crippen LogP contribution is -1.94. The molecule has 0 aliphatic rings. The first-order valence-electron chi connectivity index (χ1n) is 4.65. The van der Waals surface area contributed by atoms with Gasteiger partial charge in [-0.05, 0) is 18.6 Å². The first-order chi connectivity index (χ1) is 8.00. The second kappa shape index (κ2) is 4.18. The van der Waals surface area contributed by atoms with Gasteiger partial charge < -0.3 is 9.63 Å². The molecule has 0 bridgehead atoms. The highest BCUT2D eigenvalue weighted by atomic mass is 35.5. The third-order valence-corrected chi connectivity index (χ3v) is 2.64. The van der Waals surface area contributed by atoms with Crippen molar-refractivity contribution in [3.8, 4) is 11.3 Å². The molecule has 6 heteroatoms. The Morgan fingerprint density at radius 2 is 2.24 bits per heavy atom. The van der Waals surface area contributed by atoms with Crippen LogP contribution in [0.2, 0.25) is 5.02 Å². The molecule has 0 atom stereocenters. The maximum absolute atomic E-state index is 13.5. The maximum atomic E-state index is 13.5. The van der Waals surface area contributed by atoms with Crippen LogP contribution >= 0.6 is 11.6 Å². The molecule has 1 aromatic carbocycles. The Labute approximate surface area is 101 Å². The second-order valence-electron chi connectivity index (χ2n) is 3.44. The predicted octanol–water partition coefficient (Wildman–Crippen LogP) is 3.14. The first-order valence-corrected chi connectivity index (χ1v) is 5.03. The third kappa shape index (κ3) is 2.01. The van der Waals surface area contributed by atoms with Crippen LogP contribution in [0, 0.1) is 12.7 Å². The maximum Gasteiger partial charge on any atom is 0.358 e. The van der Waals surface area contributed by atoms with Crippen LogP contribution in [-0.4, -0.2) is 16.2 Å². The summed E-state index contributed by atoms with van der Waals surface area (Å²) in [5.41, 5.74) is 0.420. The fraction of sp³-hybridized carbons (Fsp3) is 0.0909. The highest BCUT2D eigenvalue weighted by Gasteiger charge is 2.17. The van der Waals surface area contributed by atoms with Crippen molar-refractivity contribution in [2.75, 3.05) is 0 Å². The van der Waals surface area contributed by atoms with Crippen LogP contribution in [0.4, 0.5) is 4.39 Å². The van der Waals surface area contributed by atoms with Gasteiger partial charge in [0.1, 0.15) is 5.82 Å². The van der Waals surface area contributed by atoms with Gasteiger partial charge in [-0.3, -0.25) is 0 Å². The molecule has 2 aromatic rings. The molecule has 4 nitrogen and oxygen atoms in total. The number of carbonyl (C=O) groups is 1. The molecule has 1 heterocycles. The summed E-state index contributed by atoms with van der Waals surface area (Å²) in [7, 11) is 0. The van der Waals surface area contributed by atoms with Crippen LogP contribution in [-0.2, 0) is 0 Å². The van der Waals surface area contributed by atoms with Crippen molar-refractivity contribution in [1.29, 1.82) is 0 Å². The molecule has 0 spiro atoms. The zero-order valence-electron chi connectivity index (χ0n) is 8.70. The van der Waals surface area contributed by atoms with Crippen LogP contribution < -0.4 is 0 Å². The topological polar surface area (TPSA) is 63.3 Å². The molecule has 0 amide bonds. The van der Waals surface area contributed by atoms with Crippen molar-refractivity contribution >= 4 is 17.6 Å². The Morgan fingerprint density at radius 3 is 2.82 bits per heavy atom. The minimum absolute atomic E-state index is 0.113. The molecule has 2 rings (SSSR count). The summed E-state index contributed by atoms with van der Waals surface area (Å²) in [6, 6.07) is 4.27. The number of halogens is 2. The Hall–Kier alpha value is -1.88. The van der Waals surface area contributed by atoms with Gasteiger partial charge in [0.15, 0.2) is 11.5 Å². The Morgan fingerprint density at radius 1 is 1.53 bits per heavy atom. The number of carboxylic acids is 1. The van der Waals surface area contributed by atoms with Crippen LogP contribution in [0.5, 0.6) is 0 Å². The van der Waals surface area contributed by atoms with E-state index in [2.05, 4.69) is 5.16 Å². The fourth-order valence-corrected chi connectivity index (χ4v) is 1.64. The number of benzene rings is 1. The molecule has 0 aliphatic heterocycles. The summed E-state index contributed by atoms with van der Waals surface area (Å²) in [6.45, 7) is 1.58. The summed E-state index contributed by atoms with van der Waals surface area (Å²) < 4.78 is 18.3. The summed E-state index contributed by atoms with van der Waals surface area (Å²) in [5, 5.41) is 11.9. The van der Waals surface area contributed by atoms with Crippen molar-refractivity contribution < 1.29 is 18.8 Å². The second-order valence-corrected chi connectivity index (χ2v) is 3.82. The summed E-state index contributed by atoms with van der Waals surface area (Å²) in [6.07, 6.45) is 0. The zero-order chi connectivity index (χ0) is 12.6. The molecule has 0 radical (unpaired) electrons. The van der Waals surface area contributed by atoms with Crippen molar-refractivity contribution in [2.45, 2.75) is 6.92 Å². The van der Waals surface area contributed by atoms with Gasteiger partial charge in [-0.25, -0.2) is 9.18 Å². The monoisotopic (exact) mass is 255 g/mol. The fourth-order valence-electron chi connectivity index (χ4n) is 1.34. The largest absolute Gasteiger partial charge is 0.476 e. The number of aromatic carboxylic acids is 1. The molecule has 88 valence electrons. The highest BCUT2D eigenvalue weighted by Crippen LogP contribution is 2.31. The van der Waals surface area contributed by atoms with Gasteiger partial charge in [0.05, 0.1) is 5.02 Å². The minimum atomic E-state index is -1.22. The number of aromatic nitrogens is 1. The Bertz CT molecular complexity index is 594. The molecule has 0 saturated heterocycles. The lowest BCUT2D eigenvalue weighted by Gasteiger charge is -2.03. The zero-order valence-corrected chi connectivity index (χ0v) is 9.45. The molecular weight excluding hydrogens is 249 g/mol. The van der Waals surface area contributed by atoms with Crippen molar-refractivity contribution in [1.82, 2.24) is 5.16 Å². The van der Waals surface area contributed by atoms with Gasteiger partial charge in [-0.2, -0.15) is 0 Å². The lowest BCUT2D eigenvalue weighted by atomic mass is 10.1. The standard InChI is InChI=1S/C11H7ClFNO3/c1-5-2-3-6(9(12)10(5)13)8-4-7(11(15)16)14-17-8/h2-4H,1H3,(H,15,16). The van der Waals surface area contributed by atoms with E-state index in [0.29, 0.717) is 5.56 Å². The van der Waals surface area contributed by atoms with Crippen molar-refractivity contribution in [3.05, 3.63) is 40.3 Å². The summed E-state index contributed by atoms with van der Waals surface area (Å²) in [5.74, 6) is -1.66. The van der Waals surface area contributed by atoms with Gasteiger partial charge >= 0.3 is 5.97 Å². The average Bonchev–Trinajstić information content (AvgIpc) is 2.75.